The molecule has 1 aliphatic heterocycles. The van der Waals surface area contributed by atoms with Gasteiger partial charge in [-0.3, -0.25) is 14.0 Å². The third-order valence-corrected chi connectivity index (χ3v) is 11.6. The first-order valence-electron chi connectivity index (χ1n) is 13.8. The van der Waals surface area contributed by atoms with Crippen LogP contribution >= 0.6 is 22.7 Å². The number of piperidine rings is 1. The predicted octanol–water partition coefficient (Wildman–Crippen LogP) is 5.29. The van der Waals surface area contributed by atoms with Crippen LogP contribution in [0.3, 0.4) is 0 Å². The van der Waals surface area contributed by atoms with E-state index in [-0.39, 0.29) is 11.8 Å². The van der Waals surface area contributed by atoms with E-state index in [4.69, 9.17) is 15.6 Å². The highest BCUT2D eigenvalue weighted by Gasteiger charge is 2.38. The van der Waals surface area contributed by atoms with Crippen LogP contribution in [-0.2, 0) is 26.2 Å². The molecule has 1 aromatic carbocycles. The number of aromatic amines is 1. The molecule has 4 aromatic rings. The lowest BCUT2D eigenvalue weighted by Gasteiger charge is -2.29. The smallest absolute Gasteiger partial charge is 0.475 e. The Morgan fingerprint density at radius 1 is 1.14 bits per heavy atom. The fourth-order valence-corrected chi connectivity index (χ4v) is 8.53. The number of rotatable bonds is 9. The quantitative estimate of drug-likeness (QED) is 0.219. The topological polar surface area (TPSA) is 150 Å². The zero-order valence-corrected chi connectivity index (χ0v) is 25.7. The molecule has 1 saturated heterocycles. The number of sulfonamides is 1. The van der Waals surface area contributed by atoms with Crippen LogP contribution in [0.5, 0.6) is 0 Å². The molecule has 2 aliphatic rings. The highest BCUT2D eigenvalue weighted by molar-refractivity contribution is 7.94. The summed E-state index contributed by atoms with van der Waals surface area (Å²) in [7, 11) is -3.65. The average molecular weight is 670 g/mol. The minimum Gasteiger partial charge on any atom is -0.475 e. The summed E-state index contributed by atoms with van der Waals surface area (Å²) in [6.45, 7) is 2.99. The Hall–Kier alpha value is -3.47. The van der Waals surface area contributed by atoms with Gasteiger partial charge in [-0.2, -0.15) is 13.2 Å². The lowest BCUT2D eigenvalue weighted by molar-refractivity contribution is -0.192. The third-order valence-electron chi connectivity index (χ3n) is 7.46. The lowest BCUT2D eigenvalue weighted by Crippen LogP contribution is -2.37. The van der Waals surface area contributed by atoms with Gasteiger partial charge in [-0.05, 0) is 68.3 Å². The van der Waals surface area contributed by atoms with Crippen molar-refractivity contribution < 1.29 is 36.3 Å². The number of halogens is 3. The maximum atomic E-state index is 13.6. The van der Waals surface area contributed by atoms with Gasteiger partial charge in [0.25, 0.3) is 10.0 Å². The lowest BCUT2D eigenvalue weighted by atomic mass is 9.96. The molecule has 0 spiro atoms. The number of hydrogen-bond donors (Lipinski definition) is 3. The van der Waals surface area contributed by atoms with Crippen molar-refractivity contribution in [1.29, 1.82) is 0 Å². The van der Waals surface area contributed by atoms with E-state index in [9.17, 15) is 26.4 Å². The predicted molar refractivity (Wildman–Crippen MR) is 162 cm³/mol. The zero-order chi connectivity index (χ0) is 31.6. The Labute approximate surface area is 259 Å². The number of primary amides is 1. The molecule has 236 valence electrons. The molecule has 1 saturated carbocycles. The molecule has 44 heavy (non-hydrogen) atoms. The normalized spacial score (nSPS) is 16.4. The highest BCUT2D eigenvalue weighted by atomic mass is 32.2. The van der Waals surface area contributed by atoms with Gasteiger partial charge in [0, 0.05) is 35.5 Å². The number of nitrogens with one attached hydrogen (secondary N) is 1. The fourth-order valence-electron chi connectivity index (χ4n) is 4.94. The number of carbonyl (C=O) groups is 2. The summed E-state index contributed by atoms with van der Waals surface area (Å²) in [6, 6.07) is 11.3. The maximum absolute atomic E-state index is 13.6. The summed E-state index contributed by atoms with van der Waals surface area (Å²) in [5.41, 5.74) is 7.83. The number of carboxylic acid groups (broad SMARTS) is 1. The number of aromatic nitrogens is 2. The fraction of sp³-hybridized carbons (Fsp3) is 0.393. The summed E-state index contributed by atoms with van der Waals surface area (Å²) >= 11 is 2.89. The monoisotopic (exact) mass is 669 g/mol. The van der Waals surface area contributed by atoms with Crippen LogP contribution in [0.4, 0.5) is 18.9 Å². The number of H-pyrrole nitrogens is 1. The molecule has 16 heteroatoms. The number of amides is 1. The molecule has 3 aromatic heterocycles. The largest absolute Gasteiger partial charge is 0.490 e. The van der Waals surface area contributed by atoms with Crippen LogP contribution in [0.1, 0.15) is 30.6 Å². The Kier molecular flexibility index (Phi) is 9.34. The van der Waals surface area contributed by atoms with Crippen molar-refractivity contribution in [3.05, 3.63) is 52.9 Å². The van der Waals surface area contributed by atoms with Gasteiger partial charge < -0.3 is 15.8 Å². The van der Waals surface area contributed by atoms with Gasteiger partial charge in [0.2, 0.25) is 5.91 Å². The molecule has 0 atom stereocenters. The molecule has 2 fully saturated rings. The minimum atomic E-state index is -5.08. The molecule has 0 unspecified atom stereocenters. The maximum Gasteiger partial charge on any atom is 0.490 e. The van der Waals surface area contributed by atoms with E-state index in [1.54, 1.807) is 33.2 Å². The molecular weight excluding hydrogens is 640 g/mol. The van der Waals surface area contributed by atoms with Crippen molar-refractivity contribution in [3.63, 3.8) is 0 Å². The number of likely N-dealkylation sites (tertiary alicyclic amines) is 1. The number of anilines is 1. The SMILES string of the molecule is NC(=O)C1CCN(Cc2cnc(-c3cc4cccc(N(CC5CC5)S(=O)(=O)c5cccs5)c4[nH]3)s2)CC1.O=C(O)C(F)(F)F. The zero-order valence-electron chi connectivity index (χ0n) is 23.3. The summed E-state index contributed by atoms with van der Waals surface area (Å²) in [5.74, 6) is -2.57. The summed E-state index contributed by atoms with van der Waals surface area (Å²) in [4.78, 5) is 32.0. The standard InChI is InChI=1S/C26H29N5O3S3.C2HF3O2/c27-25(32)18-8-10-30(11-9-18)16-20-14-28-26(36-20)21-13-19-3-1-4-22(24(19)29-21)31(15-17-6-7-17)37(33,34)23-5-2-12-35-23;3-2(4,5)1(6)7/h1-5,12-14,17-18,29H,6-11,15-16H2,(H2,27,32);(H,6,7). The summed E-state index contributed by atoms with van der Waals surface area (Å²) in [5, 5.41) is 10.8. The van der Waals surface area contributed by atoms with Gasteiger partial charge in [-0.25, -0.2) is 18.2 Å². The first-order valence-corrected chi connectivity index (χ1v) is 16.9. The molecule has 1 aliphatic carbocycles. The number of carboxylic acids is 1. The Balaban J connectivity index is 0.000000493. The van der Waals surface area contributed by atoms with Crippen LogP contribution in [0.15, 0.2) is 52.2 Å². The van der Waals surface area contributed by atoms with Crippen LogP contribution in [0, 0.1) is 11.8 Å². The number of thiazole rings is 1. The second-order valence-corrected chi connectivity index (χ2v) is 14.9. The van der Waals surface area contributed by atoms with Gasteiger partial charge >= 0.3 is 12.1 Å². The summed E-state index contributed by atoms with van der Waals surface area (Å²) < 4.78 is 60.9. The highest BCUT2D eigenvalue weighted by Crippen LogP contribution is 2.39. The number of carbonyl (C=O) groups excluding carboxylic acids is 1. The molecule has 0 radical (unpaired) electrons. The average Bonchev–Trinajstić information content (AvgIpc) is 3.36. The van der Waals surface area contributed by atoms with Gasteiger partial charge in [0.1, 0.15) is 9.22 Å². The number of benzene rings is 1. The Morgan fingerprint density at radius 3 is 2.43 bits per heavy atom. The van der Waals surface area contributed by atoms with Gasteiger partial charge in [-0.15, -0.1) is 22.7 Å². The number of thiophene rings is 1. The van der Waals surface area contributed by atoms with E-state index in [1.165, 1.54) is 11.3 Å². The number of hydrogen-bond acceptors (Lipinski definition) is 8. The number of nitrogens with two attached hydrogens (primary N) is 1. The Morgan fingerprint density at radius 2 is 1.84 bits per heavy atom. The minimum absolute atomic E-state index is 0.0167. The molecule has 4 heterocycles. The number of aliphatic carboxylic acids is 1. The third kappa shape index (κ3) is 7.42. The van der Waals surface area contributed by atoms with Crippen molar-refractivity contribution in [3.8, 4) is 10.7 Å². The van der Waals surface area contributed by atoms with E-state index in [2.05, 4.69) is 14.9 Å². The van der Waals surface area contributed by atoms with Gasteiger partial charge in [0.05, 0.1) is 16.9 Å². The first kappa shape index (κ1) is 31.9. The number of para-hydroxylation sites is 1. The van der Waals surface area contributed by atoms with Crippen LogP contribution in [0.2, 0.25) is 0 Å². The number of nitrogens with zero attached hydrogens (tertiary/aromatic N) is 3. The van der Waals surface area contributed by atoms with Crippen molar-refractivity contribution in [1.82, 2.24) is 14.9 Å². The van der Waals surface area contributed by atoms with Crippen LogP contribution < -0.4 is 10.0 Å². The van der Waals surface area contributed by atoms with Crippen molar-refractivity contribution >= 4 is 61.2 Å². The van der Waals surface area contributed by atoms with Crippen LogP contribution in [-0.4, -0.2) is 66.1 Å². The summed E-state index contributed by atoms with van der Waals surface area (Å²) in [6.07, 6.45) is 0.553. The van der Waals surface area contributed by atoms with Gasteiger partial charge in [0.15, 0.2) is 0 Å². The van der Waals surface area contributed by atoms with E-state index < -0.39 is 22.2 Å². The molecule has 4 N–H and O–H groups in total. The van der Waals surface area contributed by atoms with E-state index in [0.29, 0.717) is 22.4 Å². The second kappa shape index (κ2) is 12.9. The molecule has 1 amide bonds. The van der Waals surface area contributed by atoms with E-state index in [0.717, 1.165) is 71.8 Å². The van der Waals surface area contributed by atoms with E-state index >= 15 is 0 Å². The van der Waals surface area contributed by atoms with Crippen LogP contribution in [0.25, 0.3) is 21.6 Å². The molecular formula is C28H30F3N5O5S3. The van der Waals surface area contributed by atoms with Crippen molar-refractivity contribution in [2.75, 3.05) is 23.9 Å². The second-order valence-electron chi connectivity index (χ2n) is 10.7. The molecule has 10 nitrogen and oxygen atoms in total. The van der Waals surface area contributed by atoms with Crippen molar-refractivity contribution in [2.45, 2.75) is 42.6 Å². The Bertz CT molecular complexity index is 1720. The van der Waals surface area contributed by atoms with Crippen molar-refractivity contribution in [2.24, 2.45) is 17.6 Å². The van der Waals surface area contributed by atoms with E-state index in [1.807, 2.05) is 30.5 Å². The first-order chi connectivity index (χ1) is 20.8. The van der Waals surface area contributed by atoms with Gasteiger partial charge in [-0.1, -0.05) is 18.2 Å². The molecule has 6 rings (SSSR count). The number of fused-ring (bicyclic) bond motifs is 1. The number of alkyl halides is 3. The molecule has 0 bridgehead atoms.